The van der Waals surface area contributed by atoms with Crippen LogP contribution in [0, 0.1) is 0 Å². The van der Waals surface area contributed by atoms with Crippen LogP contribution in [0.3, 0.4) is 0 Å². The SMILES string of the molecule is CCN1CCN(c2nccc(NCc3ccccc3)n2)CC1. The van der Waals surface area contributed by atoms with E-state index < -0.39 is 0 Å². The molecular weight excluding hydrogens is 274 g/mol. The molecule has 0 bridgehead atoms. The largest absolute Gasteiger partial charge is 0.366 e. The van der Waals surface area contributed by atoms with Gasteiger partial charge in [-0.25, -0.2) is 4.98 Å². The maximum Gasteiger partial charge on any atom is 0.227 e. The van der Waals surface area contributed by atoms with Gasteiger partial charge in [-0.1, -0.05) is 37.3 Å². The van der Waals surface area contributed by atoms with Gasteiger partial charge in [0.1, 0.15) is 5.82 Å². The van der Waals surface area contributed by atoms with Gasteiger partial charge in [-0.05, 0) is 18.2 Å². The number of hydrogen-bond donors (Lipinski definition) is 1. The Bertz CT molecular complexity index is 579. The topological polar surface area (TPSA) is 44.3 Å². The second-order valence-electron chi connectivity index (χ2n) is 5.50. The molecule has 1 aliphatic rings. The fraction of sp³-hybridized carbons (Fsp3) is 0.412. The number of aromatic nitrogens is 2. The van der Waals surface area contributed by atoms with E-state index in [1.165, 1.54) is 5.56 Å². The number of likely N-dealkylation sites (N-methyl/N-ethyl adjacent to an activating group) is 1. The molecule has 5 nitrogen and oxygen atoms in total. The van der Waals surface area contributed by atoms with Crippen molar-refractivity contribution < 1.29 is 0 Å². The average Bonchev–Trinajstić information content (AvgIpc) is 2.61. The predicted molar refractivity (Wildman–Crippen MR) is 90.1 cm³/mol. The lowest BCUT2D eigenvalue weighted by Gasteiger charge is -2.34. The molecule has 22 heavy (non-hydrogen) atoms. The molecule has 1 fully saturated rings. The van der Waals surface area contributed by atoms with Gasteiger partial charge < -0.3 is 15.1 Å². The highest BCUT2D eigenvalue weighted by Crippen LogP contribution is 2.14. The first-order chi connectivity index (χ1) is 10.8. The molecule has 0 saturated carbocycles. The van der Waals surface area contributed by atoms with Crippen molar-refractivity contribution in [3.63, 3.8) is 0 Å². The molecule has 0 radical (unpaired) electrons. The van der Waals surface area contributed by atoms with Crippen LogP contribution in [0.4, 0.5) is 11.8 Å². The summed E-state index contributed by atoms with van der Waals surface area (Å²) in [6.07, 6.45) is 1.84. The number of anilines is 2. The first-order valence-electron chi connectivity index (χ1n) is 7.93. The molecule has 5 heteroatoms. The summed E-state index contributed by atoms with van der Waals surface area (Å²) in [6.45, 7) is 8.27. The Hall–Kier alpha value is -2.14. The van der Waals surface area contributed by atoms with Gasteiger partial charge in [0.05, 0.1) is 0 Å². The van der Waals surface area contributed by atoms with E-state index in [2.05, 4.69) is 56.3 Å². The van der Waals surface area contributed by atoms with Crippen LogP contribution < -0.4 is 10.2 Å². The minimum Gasteiger partial charge on any atom is -0.366 e. The maximum absolute atomic E-state index is 4.65. The van der Waals surface area contributed by atoms with Crippen LogP contribution in [0.25, 0.3) is 0 Å². The molecule has 2 heterocycles. The highest BCUT2D eigenvalue weighted by Gasteiger charge is 2.17. The van der Waals surface area contributed by atoms with Gasteiger partial charge in [0.15, 0.2) is 0 Å². The lowest BCUT2D eigenvalue weighted by atomic mass is 10.2. The first kappa shape index (κ1) is 14.8. The quantitative estimate of drug-likeness (QED) is 0.917. The molecular formula is C17H23N5. The first-order valence-corrected chi connectivity index (χ1v) is 7.93. The summed E-state index contributed by atoms with van der Waals surface area (Å²) in [7, 11) is 0. The molecule has 0 unspecified atom stereocenters. The molecule has 2 aromatic rings. The molecule has 3 rings (SSSR count). The van der Waals surface area contributed by atoms with Crippen LogP contribution >= 0.6 is 0 Å². The Morgan fingerprint density at radius 2 is 1.82 bits per heavy atom. The zero-order valence-electron chi connectivity index (χ0n) is 13.1. The number of benzene rings is 1. The third-order valence-corrected chi connectivity index (χ3v) is 4.06. The van der Waals surface area contributed by atoms with Crippen molar-refractivity contribution in [2.75, 3.05) is 42.9 Å². The Kier molecular flexibility index (Phi) is 4.85. The molecule has 1 aliphatic heterocycles. The summed E-state index contributed by atoms with van der Waals surface area (Å²) in [4.78, 5) is 13.8. The maximum atomic E-state index is 4.65. The van der Waals surface area contributed by atoms with Crippen LogP contribution in [0.15, 0.2) is 42.6 Å². The summed E-state index contributed by atoms with van der Waals surface area (Å²) in [5, 5.41) is 3.37. The zero-order chi connectivity index (χ0) is 15.2. The van der Waals surface area contributed by atoms with Gasteiger partial charge in [-0.2, -0.15) is 4.98 Å². The van der Waals surface area contributed by atoms with Gasteiger partial charge in [0.2, 0.25) is 5.95 Å². The van der Waals surface area contributed by atoms with Crippen molar-refractivity contribution in [1.29, 1.82) is 0 Å². The monoisotopic (exact) mass is 297 g/mol. The molecule has 0 amide bonds. The van der Waals surface area contributed by atoms with Crippen molar-refractivity contribution in [2.24, 2.45) is 0 Å². The van der Waals surface area contributed by atoms with E-state index in [1.807, 2.05) is 18.3 Å². The zero-order valence-corrected chi connectivity index (χ0v) is 13.1. The molecule has 0 spiro atoms. The van der Waals surface area contributed by atoms with Crippen molar-refractivity contribution in [1.82, 2.24) is 14.9 Å². The van der Waals surface area contributed by atoms with E-state index >= 15 is 0 Å². The minimum absolute atomic E-state index is 0.779. The summed E-state index contributed by atoms with van der Waals surface area (Å²) in [6, 6.07) is 12.3. The fourth-order valence-electron chi connectivity index (χ4n) is 2.65. The Labute approximate surface area is 132 Å². The molecule has 116 valence electrons. The molecule has 1 N–H and O–H groups in total. The normalized spacial score (nSPS) is 15.8. The van der Waals surface area contributed by atoms with Gasteiger partial charge in [-0.15, -0.1) is 0 Å². The van der Waals surface area contributed by atoms with Crippen LogP contribution in [-0.4, -0.2) is 47.6 Å². The Morgan fingerprint density at radius 1 is 1.05 bits per heavy atom. The average molecular weight is 297 g/mol. The van der Waals surface area contributed by atoms with Crippen molar-refractivity contribution in [2.45, 2.75) is 13.5 Å². The highest BCUT2D eigenvalue weighted by molar-refractivity contribution is 5.42. The van der Waals surface area contributed by atoms with Crippen molar-refractivity contribution >= 4 is 11.8 Å². The van der Waals surface area contributed by atoms with E-state index in [4.69, 9.17) is 0 Å². The van der Waals surface area contributed by atoms with Crippen molar-refractivity contribution in [3.8, 4) is 0 Å². The third-order valence-electron chi connectivity index (χ3n) is 4.06. The number of rotatable bonds is 5. The van der Waals surface area contributed by atoms with E-state index in [1.54, 1.807) is 0 Å². The fourth-order valence-corrected chi connectivity index (χ4v) is 2.65. The van der Waals surface area contributed by atoms with Crippen molar-refractivity contribution in [3.05, 3.63) is 48.2 Å². The lowest BCUT2D eigenvalue weighted by Crippen LogP contribution is -2.46. The van der Waals surface area contributed by atoms with E-state index in [-0.39, 0.29) is 0 Å². The Balaban J connectivity index is 1.60. The molecule has 1 saturated heterocycles. The summed E-state index contributed by atoms with van der Waals surface area (Å²) in [5.41, 5.74) is 1.25. The van der Waals surface area contributed by atoms with Gasteiger partial charge in [-0.3, -0.25) is 0 Å². The van der Waals surface area contributed by atoms with Crippen LogP contribution in [0.5, 0.6) is 0 Å². The smallest absolute Gasteiger partial charge is 0.227 e. The van der Waals surface area contributed by atoms with Gasteiger partial charge in [0, 0.05) is 38.9 Å². The molecule has 1 aromatic carbocycles. The number of nitrogens with one attached hydrogen (secondary N) is 1. The number of hydrogen-bond acceptors (Lipinski definition) is 5. The third kappa shape index (κ3) is 3.74. The van der Waals surface area contributed by atoms with E-state index in [0.717, 1.165) is 51.0 Å². The summed E-state index contributed by atoms with van der Waals surface area (Å²) in [5.74, 6) is 1.71. The number of piperazine rings is 1. The van der Waals surface area contributed by atoms with Crippen LogP contribution in [-0.2, 0) is 6.54 Å². The van der Waals surface area contributed by atoms with Crippen LogP contribution in [0.2, 0.25) is 0 Å². The minimum atomic E-state index is 0.779. The Morgan fingerprint density at radius 3 is 2.55 bits per heavy atom. The predicted octanol–water partition coefficient (Wildman–Crippen LogP) is 2.23. The second kappa shape index (κ2) is 7.22. The summed E-state index contributed by atoms with van der Waals surface area (Å²) >= 11 is 0. The molecule has 1 aromatic heterocycles. The summed E-state index contributed by atoms with van der Waals surface area (Å²) < 4.78 is 0. The van der Waals surface area contributed by atoms with Crippen LogP contribution in [0.1, 0.15) is 12.5 Å². The lowest BCUT2D eigenvalue weighted by molar-refractivity contribution is 0.270. The van der Waals surface area contributed by atoms with E-state index in [9.17, 15) is 0 Å². The number of nitrogens with zero attached hydrogens (tertiary/aromatic N) is 4. The molecule has 0 atom stereocenters. The highest BCUT2D eigenvalue weighted by atomic mass is 15.3. The standard InChI is InChI=1S/C17H23N5/c1-2-21-10-12-22(13-11-21)17-18-9-8-16(20-17)19-14-15-6-4-3-5-7-15/h3-9H,2,10-14H2,1H3,(H,18,19,20). The van der Waals surface area contributed by atoms with E-state index in [0.29, 0.717) is 0 Å². The molecule has 0 aliphatic carbocycles. The van der Waals surface area contributed by atoms with Gasteiger partial charge >= 0.3 is 0 Å². The van der Waals surface area contributed by atoms with Gasteiger partial charge in [0.25, 0.3) is 0 Å². The second-order valence-corrected chi connectivity index (χ2v) is 5.50.